The van der Waals surface area contributed by atoms with Crippen molar-refractivity contribution in [3.8, 4) is 0 Å². The van der Waals surface area contributed by atoms with Gasteiger partial charge in [0.1, 0.15) is 5.60 Å². The second kappa shape index (κ2) is 8.16. The van der Waals surface area contributed by atoms with Gasteiger partial charge < -0.3 is 24.4 Å². The minimum atomic E-state index is -1.34. The number of hydrogen-bond donors (Lipinski definition) is 2. The first-order valence-corrected chi connectivity index (χ1v) is 9.61. The Morgan fingerprint density at radius 3 is 2.79 bits per heavy atom. The van der Waals surface area contributed by atoms with Crippen molar-refractivity contribution in [2.75, 3.05) is 18.1 Å². The molecule has 0 radical (unpaired) electrons. The number of carbonyl (C=O) groups is 1. The van der Waals surface area contributed by atoms with Gasteiger partial charge in [-0.2, -0.15) is 0 Å². The largest absolute Gasteiger partial charge is 0.471 e. The Balaban J connectivity index is 2.27. The van der Waals surface area contributed by atoms with Gasteiger partial charge in [-0.3, -0.25) is 4.79 Å². The zero-order valence-corrected chi connectivity index (χ0v) is 16.4. The number of hydrogen-bond acceptors (Lipinski definition) is 6. The average Bonchev–Trinajstić information content (AvgIpc) is 2.87. The number of esters is 1. The van der Waals surface area contributed by atoms with E-state index in [2.05, 4.69) is 22.6 Å². The number of carbonyl (C=O) groups excluding carboxylic acids is 1. The molecule has 1 heterocycles. The maximum absolute atomic E-state index is 12.2. The van der Waals surface area contributed by atoms with Crippen molar-refractivity contribution in [2.24, 2.45) is 11.8 Å². The number of aliphatic hydroxyl groups excluding tert-OH is 1. The average molecular weight is 452 g/mol. The molecule has 0 saturated heterocycles. The van der Waals surface area contributed by atoms with E-state index in [0.717, 1.165) is 12.0 Å². The fraction of sp³-hybridized carbons (Fsp3) is 0.706. The molecule has 24 heavy (non-hydrogen) atoms. The Hall–Kier alpha value is -0.640. The van der Waals surface area contributed by atoms with Crippen LogP contribution in [0.15, 0.2) is 23.5 Å². The van der Waals surface area contributed by atoms with Crippen LogP contribution in [0, 0.1) is 11.8 Å². The standard InChI is InChI=1S/C17H25IO6/c1-4-10(2)5-14(20)24-13-6-12-11(7-19)8-23-16(22-3)15(12)17(13,21)9-18/h6,8,10,13,15-16,19,21H,4-5,7,9H2,1-3H3. The van der Waals surface area contributed by atoms with E-state index in [4.69, 9.17) is 14.2 Å². The summed E-state index contributed by atoms with van der Waals surface area (Å²) in [4.78, 5) is 12.2. The van der Waals surface area contributed by atoms with Crippen LogP contribution in [0.5, 0.6) is 0 Å². The number of aliphatic hydroxyl groups is 2. The van der Waals surface area contributed by atoms with Gasteiger partial charge in [0.25, 0.3) is 0 Å². The highest BCUT2D eigenvalue weighted by Gasteiger charge is 2.57. The second-order valence-corrected chi connectivity index (χ2v) is 7.16. The summed E-state index contributed by atoms with van der Waals surface area (Å²) in [5.41, 5.74) is -0.0516. The first-order chi connectivity index (χ1) is 11.4. The van der Waals surface area contributed by atoms with Crippen molar-refractivity contribution >= 4 is 28.6 Å². The van der Waals surface area contributed by atoms with Gasteiger partial charge in [0.05, 0.1) is 18.8 Å². The van der Waals surface area contributed by atoms with Crippen LogP contribution in [0.25, 0.3) is 0 Å². The summed E-state index contributed by atoms with van der Waals surface area (Å²) >= 11 is 2.07. The van der Waals surface area contributed by atoms with Gasteiger partial charge >= 0.3 is 5.97 Å². The van der Waals surface area contributed by atoms with Crippen LogP contribution in [0.2, 0.25) is 0 Å². The quantitative estimate of drug-likeness (QED) is 0.349. The monoisotopic (exact) mass is 452 g/mol. The third-order valence-electron chi connectivity index (χ3n) is 4.77. The summed E-state index contributed by atoms with van der Waals surface area (Å²) in [7, 11) is 1.50. The highest BCUT2D eigenvalue weighted by atomic mass is 127. The third kappa shape index (κ3) is 3.63. The molecule has 1 aliphatic heterocycles. The van der Waals surface area contributed by atoms with E-state index < -0.39 is 23.9 Å². The maximum atomic E-state index is 12.2. The Labute approximate surface area is 156 Å². The highest BCUT2D eigenvalue weighted by Crippen LogP contribution is 2.47. The highest BCUT2D eigenvalue weighted by molar-refractivity contribution is 14.1. The Morgan fingerprint density at radius 1 is 1.54 bits per heavy atom. The van der Waals surface area contributed by atoms with Crippen LogP contribution in [0.3, 0.4) is 0 Å². The minimum absolute atomic E-state index is 0.219. The second-order valence-electron chi connectivity index (χ2n) is 6.39. The lowest BCUT2D eigenvalue weighted by Gasteiger charge is -2.39. The SMILES string of the molecule is CCC(C)CC(=O)OC1C=C2C(CO)=COC(OC)C2C1(O)CI. The van der Waals surface area contributed by atoms with E-state index in [-0.39, 0.29) is 18.5 Å². The molecule has 0 saturated carbocycles. The molecular formula is C17H25IO6. The smallest absolute Gasteiger partial charge is 0.306 e. The van der Waals surface area contributed by atoms with Crippen LogP contribution >= 0.6 is 22.6 Å². The van der Waals surface area contributed by atoms with Gasteiger partial charge in [0.2, 0.25) is 6.29 Å². The first-order valence-electron chi connectivity index (χ1n) is 8.09. The fourth-order valence-corrected chi connectivity index (χ4v) is 3.98. The number of ether oxygens (including phenoxy) is 3. The van der Waals surface area contributed by atoms with Gasteiger partial charge in [0.15, 0.2) is 6.10 Å². The summed E-state index contributed by atoms with van der Waals surface area (Å²) in [6.45, 7) is 3.79. The zero-order valence-electron chi connectivity index (χ0n) is 14.2. The van der Waals surface area contributed by atoms with E-state index in [1.54, 1.807) is 6.08 Å². The van der Waals surface area contributed by atoms with Crippen molar-refractivity contribution in [2.45, 2.75) is 44.7 Å². The topological polar surface area (TPSA) is 85.2 Å². The van der Waals surface area contributed by atoms with Crippen LogP contribution in [-0.4, -0.2) is 52.3 Å². The van der Waals surface area contributed by atoms with Crippen molar-refractivity contribution < 1.29 is 29.2 Å². The fourth-order valence-electron chi connectivity index (χ4n) is 3.08. The minimum Gasteiger partial charge on any atom is -0.471 e. The Kier molecular flexibility index (Phi) is 6.69. The number of methoxy groups -OCH3 is 1. The third-order valence-corrected chi connectivity index (χ3v) is 5.99. The van der Waals surface area contributed by atoms with Crippen molar-refractivity contribution in [1.29, 1.82) is 0 Å². The van der Waals surface area contributed by atoms with Gasteiger partial charge in [-0.05, 0) is 17.6 Å². The van der Waals surface area contributed by atoms with E-state index >= 15 is 0 Å². The number of halogens is 1. The van der Waals surface area contributed by atoms with Crippen LogP contribution in [0.4, 0.5) is 0 Å². The molecule has 136 valence electrons. The molecule has 0 amide bonds. The van der Waals surface area contributed by atoms with E-state index in [9.17, 15) is 15.0 Å². The Bertz CT molecular complexity index is 531. The summed E-state index contributed by atoms with van der Waals surface area (Å²) < 4.78 is 16.7. The molecule has 2 rings (SSSR count). The Morgan fingerprint density at radius 2 is 2.25 bits per heavy atom. The van der Waals surface area contributed by atoms with Crippen molar-refractivity contribution in [3.63, 3.8) is 0 Å². The van der Waals surface area contributed by atoms with Crippen LogP contribution < -0.4 is 0 Å². The molecule has 0 aromatic carbocycles. The molecule has 5 atom stereocenters. The molecule has 0 aromatic heterocycles. The molecule has 2 N–H and O–H groups in total. The predicted molar refractivity (Wildman–Crippen MR) is 96.4 cm³/mol. The summed E-state index contributed by atoms with van der Waals surface area (Å²) in [6, 6.07) is 0. The van der Waals surface area contributed by atoms with Gasteiger partial charge in [-0.15, -0.1) is 0 Å². The molecule has 0 fully saturated rings. The maximum Gasteiger partial charge on any atom is 0.306 e. The molecular weight excluding hydrogens is 427 g/mol. The number of fused-ring (bicyclic) bond motifs is 1. The summed E-state index contributed by atoms with van der Waals surface area (Å²) in [5, 5.41) is 20.7. The molecule has 0 aromatic rings. The van der Waals surface area contributed by atoms with E-state index in [0.29, 0.717) is 16.4 Å². The number of rotatable bonds is 7. The van der Waals surface area contributed by atoms with Gasteiger partial charge in [0, 0.05) is 23.5 Å². The molecule has 0 bridgehead atoms. The lowest BCUT2D eigenvalue weighted by molar-refractivity contribution is -0.187. The zero-order chi connectivity index (χ0) is 17.9. The number of alkyl halides is 1. The lowest BCUT2D eigenvalue weighted by Crippen LogP contribution is -2.53. The molecule has 5 unspecified atom stereocenters. The molecule has 1 aliphatic carbocycles. The van der Waals surface area contributed by atoms with E-state index in [1.165, 1.54) is 13.4 Å². The predicted octanol–water partition coefficient (Wildman–Crippen LogP) is 1.94. The molecule has 6 nitrogen and oxygen atoms in total. The summed E-state index contributed by atoms with van der Waals surface area (Å²) in [5.74, 6) is -0.630. The first kappa shape index (κ1) is 19.7. The molecule has 0 spiro atoms. The van der Waals surface area contributed by atoms with Crippen molar-refractivity contribution in [1.82, 2.24) is 0 Å². The summed E-state index contributed by atoms with van der Waals surface area (Å²) in [6.07, 6.45) is 2.87. The van der Waals surface area contributed by atoms with Gasteiger partial charge in [-0.1, -0.05) is 42.9 Å². The molecule has 7 heteroatoms. The van der Waals surface area contributed by atoms with Crippen molar-refractivity contribution in [3.05, 3.63) is 23.5 Å². The molecule has 2 aliphatic rings. The van der Waals surface area contributed by atoms with Gasteiger partial charge in [-0.25, -0.2) is 0 Å². The lowest BCUT2D eigenvalue weighted by atomic mass is 9.83. The van der Waals surface area contributed by atoms with E-state index in [1.807, 2.05) is 13.8 Å². The normalized spacial score (nSPS) is 33.2. The van der Waals surface area contributed by atoms with Crippen LogP contribution in [0.1, 0.15) is 26.7 Å². The van der Waals surface area contributed by atoms with Crippen LogP contribution in [-0.2, 0) is 19.0 Å².